The van der Waals surface area contributed by atoms with Crippen LogP contribution in [0.15, 0.2) is 12.1 Å². The number of nitrogens with two attached hydrogens (primary N) is 1. The zero-order chi connectivity index (χ0) is 12.3. The van der Waals surface area contributed by atoms with Crippen LogP contribution in [0.1, 0.15) is 17.3 Å². The van der Waals surface area contributed by atoms with Gasteiger partial charge in [-0.25, -0.2) is 4.79 Å². The number of carboxylic acid groups (broad SMARTS) is 1. The lowest BCUT2D eigenvalue weighted by molar-refractivity contribution is -0.383. The highest BCUT2D eigenvalue weighted by Crippen LogP contribution is 2.31. The molecule has 1 aromatic rings. The lowest BCUT2D eigenvalue weighted by Crippen LogP contribution is -2.07. The van der Waals surface area contributed by atoms with Gasteiger partial charge in [-0.2, -0.15) is 0 Å². The summed E-state index contributed by atoms with van der Waals surface area (Å²) in [6.45, 7) is 2.27. The van der Waals surface area contributed by atoms with Gasteiger partial charge in [0, 0.05) is 12.6 Å². The third-order valence-corrected chi connectivity index (χ3v) is 1.97. The van der Waals surface area contributed by atoms with E-state index in [9.17, 15) is 14.9 Å². The van der Waals surface area contributed by atoms with Crippen LogP contribution in [0.25, 0.3) is 0 Å². The van der Waals surface area contributed by atoms with E-state index in [1.54, 1.807) is 6.92 Å². The van der Waals surface area contributed by atoms with Crippen molar-refractivity contribution in [3.8, 4) is 0 Å². The van der Waals surface area contributed by atoms with Crippen molar-refractivity contribution in [3.05, 3.63) is 27.8 Å². The standard InChI is InChI=1S/C9H11N3O4/c1-2-11-6-3-5(9(13)14)4-7(8(6)10)12(15)16/h3-4,11H,2,10H2,1H3,(H,13,14). The Bertz CT molecular complexity index is 445. The average Bonchev–Trinajstić information content (AvgIpc) is 2.20. The fraction of sp³-hybridized carbons (Fsp3) is 0.222. The van der Waals surface area contributed by atoms with Gasteiger partial charge in [-0.15, -0.1) is 0 Å². The Morgan fingerprint density at radius 3 is 2.69 bits per heavy atom. The summed E-state index contributed by atoms with van der Waals surface area (Å²) in [6.07, 6.45) is 0. The van der Waals surface area contributed by atoms with Gasteiger partial charge >= 0.3 is 5.97 Å². The number of aromatic carboxylic acids is 1. The van der Waals surface area contributed by atoms with E-state index in [0.717, 1.165) is 6.07 Å². The largest absolute Gasteiger partial charge is 0.478 e. The summed E-state index contributed by atoms with van der Waals surface area (Å²) in [4.78, 5) is 20.7. The minimum absolute atomic E-state index is 0.0585. The van der Waals surface area contributed by atoms with E-state index in [2.05, 4.69) is 5.32 Å². The minimum atomic E-state index is -1.23. The second-order valence-corrected chi connectivity index (χ2v) is 3.05. The van der Waals surface area contributed by atoms with Gasteiger partial charge in [-0.3, -0.25) is 10.1 Å². The zero-order valence-electron chi connectivity index (χ0n) is 8.56. The lowest BCUT2D eigenvalue weighted by atomic mass is 10.1. The van der Waals surface area contributed by atoms with E-state index in [4.69, 9.17) is 10.8 Å². The Labute approximate surface area is 91.0 Å². The molecule has 7 heteroatoms. The number of carbonyl (C=O) groups is 1. The number of nitrogen functional groups attached to an aromatic ring is 1. The molecule has 0 spiro atoms. The second-order valence-electron chi connectivity index (χ2n) is 3.05. The molecule has 1 aromatic carbocycles. The van der Waals surface area contributed by atoms with Crippen molar-refractivity contribution < 1.29 is 14.8 Å². The van der Waals surface area contributed by atoms with Crippen LogP contribution < -0.4 is 11.1 Å². The molecule has 0 atom stereocenters. The first-order valence-electron chi connectivity index (χ1n) is 4.52. The minimum Gasteiger partial charge on any atom is -0.478 e. The van der Waals surface area contributed by atoms with Gasteiger partial charge in [0.2, 0.25) is 0 Å². The lowest BCUT2D eigenvalue weighted by Gasteiger charge is -2.08. The van der Waals surface area contributed by atoms with Gasteiger partial charge in [0.05, 0.1) is 16.2 Å². The predicted molar refractivity (Wildman–Crippen MR) is 58.6 cm³/mol. The van der Waals surface area contributed by atoms with Crippen molar-refractivity contribution in [3.63, 3.8) is 0 Å². The smallest absolute Gasteiger partial charge is 0.336 e. The number of benzene rings is 1. The molecule has 0 aromatic heterocycles. The van der Waals surface area contributed by atoms with Gasteiger partial charge < -0.3 is 16.2 Å². The van der Waals surface area contributed by atoms with Crippen molar-refractivity contribution >= 4 is 23.0 Å². The summed E-state index contributed by atoms with van der Waals surface area (Å²) >= 11 is 0. The van der Waals surface area contributed by atoms with Crippen LogP contribution in [-0.2, 0) is 0 Å². The Hall–Kier alpha value is -2.31. The molecular formula is C9H11N3O4. The Kier molecular flexibility index (Phi) is 3.29. The summed E-state index contributed by atoms with van der Waals surface area (Å²) in [5.41, 5.74) is 5.17. The quantitative estimate of drug-likeness (QED) is 0.403. The number of nitrogens with zero attached hydrogens (tertiary/aromatic N) is 1. The van der Waals surface area contributed by atoms with Crippen molar-refractivity contribution in [1.29, 1.82) is 0 Å². The first-order valence-corrected chi connectivity index (χ1v) is 4.52. The molecule has 0 saturated heterocycles. The number of nitrogens with one attached hydrogen (secondary N) is 1. The van der Waals surface area contributed by atoms with Gasteiger partial charge in [-0.1, -0.05) is 0 Å². The molecule has 0 bridgehead atoms. The van der Waals surface area contributed by atoms with E-state index in [1.165, 1.54) is 6.07 Å². The zero-order valence-corrected chi connectivity index (χ0v) is 8.56. The number of anilines is 2. The highest BCUT2D eigenvalue weighted by molar-refractivity contribution is 5.93. The van der Waals surface area contributed by atoms with Crippen molar-refractivity contribution in [2.24, 2.45) is 0 Å². The molecule has 16 heavy (non-hydrogen) atoms. The molecule has 1 rings (SSSR count). The van der Waals surface area contributed by atoms with Crippen LogP contribution in [0.3, 0.4) is 0 Å². The summed E-state index contributed by atoms with van der Waals surface area (Å²) in [5, 5.41) is 22.2. The van der Waals surface area contributed by atoms with Crippen LogP contribution >= 0.6 is 0 Å². The molecule has 0 amide bonds. The third-order valence-electron chi connectivity index (χ3n) is 1.97. The summed E-state index contributed by atoms with van der Waals surface area (Å²) < 4.78 is 0. The Morgan fingerprint density at radius 1 is 1.62 bits per heavy atom. The third kappa shape index (κ3) is 2.19. The van der Waals surface area contributed by atoms with Gasteiger partial charge in [0.1, 0.15) is 5.69 Å². The van der Waals surface area contributed by atoms with Gasteiger partial charge in [-0.05, 0) is 13.0 Å². The SMILES string of the molecule is CCNc1cc(C(=O)O)cc([N+](=O)[O-])c1N. The summed E-state index contributed by atoms with van der Waals surface area (Å²) in [5.74, 6) is -1.23. The molecule has 4 N–H and O–H groups in total. The summed E-state index contributed by atoms with van der Waals surface area (Å²) in [6, 6.07) is 2.21. The number of carboxylic acids is 1. The van der Waals surface area contributed by atoms with Crippen LogP contribution in [-0.4, -0.2) is 22.5 Å². The number of rotatable bonds is 4. The molecule has 0 aliphatic carbocycles. The van der Waals surface area contributed by atoms with Crippen LogP contribution in [0.4, 0.5) is 17.1 Å². The van der Waals surface area contributed by atoms with Crippen molar-refractivity contribution in [1.82, 2.24) is 0 Å². The van der Waals surface area contributed by atoms with Crippen molar-refractivity contribution in [2.75, 3.05) is 17.6 Å². The monoisotopic (exact) mass is 225 g/mol. The number of nitro groups is 1. The molecule has 7 nitrogen and oxygen atoms in total. The maximum absolute atomic E-state index is 10.8. The molecule has 0 heterocycles. The molecular weight excluding hydrogens is 214 g/mol. The van der Waals surface area contributed by atoms with Crippen molar-refractivity contribution in [2.45, 2.75) is 6.92 Å². The predicted octanol–water partition coefficient (Wildman–Crippen LogP) is 1.31. The topological polar surface area (TPSA) is 118 Å². The Balaban J connectivity index is 3.38. The van der Waals surface area contributed by atoms with E-state index in [-0.39, 0.29) is 16.9 Å². The first-order chi connectivity index (χ1) is 7.47. The highest BCUT2D eigenvalue weighted by atomic mass is 16.6. The fourth-order valence-corrected chi connectivity index (χ4v) is 1.25. The normalized spacial score (nSPS) is 9.81. The highest BCUT2D eigenvalue weighted by Gasteiger charge is 2.19. The molecule has 0 fully saturated rings. The number of hydrogen-bond donors (Lipinski definition) is 3. The molecule has 0 unspecified atom stereocenters. The maximum atomic E-state index is 10.8. The number of nitro benzene ring substituents is 1. The summed E-state index contributed by atoms with van der Waals surface area (Å²) in [7, 11) is 0. The second kappa shape index (κ2) is 4.47. The number of hydrogen-bond acceptors (Lipinski definition) is 5. The molecule has 0 aliphatic heterocycles. The molecule has 0 aliphatic rings. The Morgan fingerprint density at radius 2 is 2.25 bits per heavy atom. The van der Waals surface area contributed by atoms with E-state index in [1.807, 2.05) is 0 Å². The van der Waals surface area contributed by atoms with E-state index in [0.29, 0.717) is 6.54 Å². The fourth-order valence-electron chi connectivity index (χ4n) is 1.25. The average molecular weight is 225 g/mol. The maximum Gasteiger partial charge on any atom is 0.336 e. The first kappa shape index (κ1) is 11.8. The molecule has 86 valence electrons. The van der Waals surface area contributed by atoms with Crippen LogP contribution in [0.2, 0.25) is 0 Å². The molecule has 0 radical (unpaired) electrons. The molecule has 0 saturated carbocycles. The van der Waals surface area contributed by atoms with Gasteiger partial charge in [0.15, 0.2) is 0 Å². The van der Waals surface area contributed by atoms with E-state index < -0.39 is 16.6 Å². The van der Waals surface area contributed by atoms with E-state index >= 15 is 0 Å². The van der Waals surface area contributed by atoms with Gasteiger partial charge in [0.25, 0.3) is 5.69 Å². The van der Waals surface area contributed by atoms with Crippen LogP contribution in [0.5, 0.6) is 0 Å². The van der Waals surface area contributed by atoms with Crippen LogP contribution in [0, 0.1) is 10.1 Å².